The Hall–Kier alpha value is -2.30. The number of aromatic nitrogens is 3. The molecule has 0 N–H and O–H groups in total. The Balaban J connectivity index is 1.98. The highest BCUT2D eigenvalue weighted by molar-refractivity contribution is 8.00. The third-order valence-corrected chi connectivity index (χ3v) is 6.15. The summed E-state index contributed by atoms with van der Waals surface area (Å²) >= 11 is 7.89. The van der Waals surface area contributed by atoms with Crippen LogP contribution in [0.4, 0.5) is 0 Å². The molecule has 0 saturated heterocycles. The van der Waals surface area contributed by atoms with E-state index in [0.29, 0.717) is 5.25 Å². The van der Waals surface area contributed by atoms with Gasteiger partial charge < -0.3 is 4.57 Å². The van der Waals surface area contributed by atoms with E-state index >= 15 is 0 Å². The van der Waals surface area contributed by atoms with Crippen LogP contribution in [0.3, 0.4) is 0 Å². The molecule has 0 radical (unpaired) electrons. The Morgan fingerprint density at radius 3 is 2.48 bits per heavy atom. The minimum Gasteiger partial charge on any atom is -0.301 e. The maximum absolute atomic E-state index is 6.08. The highest BCUT2D eigenvalue weighted by Crippen LogP contribution is 2.38. The molecule has 1 atom stereocenters. The van der Waals surface area contributed by atoms with Crippen LogP contribution in [0.2, 0.25) is 5.02 Å². The normalized spacial score (nSPS) is 12.4. The van der Waals surface area contributed by atoms with Gasteiger partial charge in [-0.3, -0.25) is 0 Å². The Kier molecular flexibility index (Phi) is 5.19. The van der Waals surface area contributed by atoms with Crippen molar-refractivity contribution in [3.05, 3.63) is 72.1 Å². The minimum atomic E-state index is 0.491. The largest absolute Gasteiger partial charge is 0.301 e. The molecule has 2 heterocycles. The van der Waals surface area contributed by atoms with Crippen LogP contribution in [0.25, 0.3) is 27.8 Å². The van der Waals surface area contributed by atoms with Crippen molar-refractivity contribution in [1.29, 1.82) is 0 Å². The second-order valence-electron chi connectivity index (χ2n) is 6.47. The molecule has 27 heavy (non-hydrogen) atoms. The molecule has 2 aromatic heterocycles. The first-order valence-corrected chi connectivity index (χ1v) is 10.3. The zero-order chi connectivity index (χ0) is 18.8. The van der Waals surface area contributed by atoms with Crippen molar-refractivity contribution in [3.63, 3.8) is 0 Å². The van der Waals surface area contributed by atoms with E-state index in [2.05, 4.69) is 58.8 Å². The monoisotopic (exact) mass is 393 g/mol. The van der Waals surface area contributed by atoms with Gasteiger partial charge in [0.2, 0.25) is 0 Å². The maximum atomic E-state index is 6.08. The standard InChI is InChI=1S/C22H20ClN3S/c1-3-15(2)27-22-20-19(16-7-5-4-6-8-16)13-26(21(20)24-14-25-22)18-11-9-17(23)10-12-18/h4-15H,3H2,1-2H3/t15-/m1/s1. The predicted molar refractivity (Wildman–Crippen MR) is 115 cm³/mol. The number of fused-ring (bicyclic) bond motifs is 1. The SMILES string of the molecule is CC[C@@H](C)Sc1ncnc2c1c(-c1ccccc1)cn2-c1ccc(Cl)cc1. The van der Waals surface area contributed by atoms with Crippen molar-refractivity contribution in [2.75, 3.05) is 0 Å². The Morgan fingerprint density at radius 1 is 1.04 bits per heavy atom. The fraction of sp³-hybridized carbons (Fsp3) is 0.182. The number of nitrogens with zero attached hydrogens (tertiary/aromatic N) is 3. The molecule has 136 valence electrons. The molecule has 5 heteroatoms. The summed E-state index contributed by atoms with van der Waals surface area (Å²) in [6, 6.07) is 18.3. The van der Waals surface area contributed by atoms with E-state index in [-0.39, 0.29) is 0 Å². The van der Waals surface area contributed by atoms with E-state index < -0.39 is 0 Å². The summed E-state index contributed by atoms with van der Waals surface area (Å²) in [5.74, 6) is 0. The lowest BCUT2D eigenvalue weighted by atomic mass is 10.1. The molecule has 0 bridgehead atoms. The number of hydrogen-bond acceptors (Lipinski definition) is 3. The first-order chi connectivity index (χ1) is 13.2. The lowest BCUT2D eigenvalue weighted by Gasteiger charge is -2.10. The molecule has 4 aromatic rings. The topological polar surface area (TPSA) is 30.7 Å². The third kappa shape index (κ3) is 3.60. The van der Waals surface area contributed by atoms with E-state index in [4.69, 9.17) is 11.6 Å². The molecule has 3 nitrogen and oxygen atoms in total. The van der Waals surface area contributed by atoms with Gasteiger partial charge in [-0.2, -0.15) is 0 Å². The van der Waals surface area contributed by atoms with E-state index in [0.717, 1.165) is 44.3 Å². The number of benzene rings is 2. The lowest BCUT2D eigenvalue weighted by Crippen LogP contribution is -1.97. The lowest BCUT2D eigenvalue weighted by molar-refractivity contribution is 0.901. The summed E-state index contributed by atoms with van der Waals surface area (Å²) < 4.78 is 2.12. The van der Waals surface area contributed by atoms with Crippen LogP contribution >= 0.6 is 23.4 Å². The van der Waals surface area contributed by atoms with Gasteiger partial charge in [-0.1, -0.05) is 55.8 Å². The van der Waals surface area contributed by atoms with Crippen molar-refractivity contribution in [1.82, 2.24) is 14.5 Å². The van der Waals surface area contributed by atoms with E-state index in [9.17, 15) is 0 Å². The molecule has 0 spiro atoms. The molecule has 0 aliphatic rings. The van der Waals surface area contributed by atoms with Gasteiger partial charge in [-0.05, 0) is 36.2 Å². The van der Waals surface area contributed by atoms with E-state index in [1.807, 2.05) is 42.1 Å². The number of hydrogen-bond donors (Lipinski definition) is 0. The average Bonchev–Trinajstić information content (AvgIpc) is 3.10. The molecule has 0 aliphatic carbocycles. The minimum absolute atomic E-state index is 0.491. The Morgan fingerprint density at radius 2 is 1.78 bits per heavy atom. The summed E-state index contributed by atoms with van der Waals surface area (Å²) in [7, 11) is 0. The zero-order valence-corrected chi connectivity index (χ0v) is 16.8. The maximum Gasteiger partial charge on any atom is 0.149 e. The average molecular weight is 394 g/mol. The smallest absolute Gasteiger partial charge is 0.149 e. The first-order valence-electron chi connectivity index (χ1n) is 9.01. The second-order valence-corrected chi connectivity index (χ2v) is 8.33. The van der Waals surface area contributed by atoms with Crippen molar-refractivity contribution in [2.45, 2.75) is 30.5 Å². The van der Waals surface area contributed by atoms with Gasteiger partial charge in [-0.15, -0.1) is 11.8 Å². The molecule has 0 unspecified atom stereocenters. The Bertz CT molecular complexity index is 1060. The van der Waals surface area contributed by atoms with Crippen LogP contribution in [-0.4, -0.2) is 19.8 Å². The first kappa shape index (κ1) is 18.1. The highest BCUT2D eigenvalue weighted by Gasteiger charge is 2.18. The van der Waals surface area contributed by atoms with Gasteiger partial charge in [0.1, 0.15) is 17.0 Å². The summed E-state index contributed by atoms with van der Waals surface area (Å²) in [5.41, 5.74) is 4.25. The van der Waals surface area contributed by atoms with Gasteiger partial charge in [0.25, 0.3) is 0 Å². The summed E-state index contributed by atoms with van der Waals surface area (Å²) in [5, 5.41) is 3.34. The number of rotatable bonds is 5. The Labute approximate surface area is 168 Å². The summed E-state index contributed by atoms with van der Waals surface area (Å²) in [6.45, 7) is 4.43. The zero-order valence-electron chi connectivity index (χ0n) is 15.3. The number of thioether (sulfide) groups is 1. The fourth-order valence-electron chi connectivity index (χ4n) is 3.03. The van der Waals surface area contributed by atoms with Gasteiger partial charge >= 0.3 is 0 Å². The third-order valence-electron chi connectivity index (χ3n) is 4.63. The van der Waals surface area contributed by atoms with Crippen LogP contribution in [0.15, 0.2) is 72.1 Å². The van der Waals surface area contributed by atoms with E-state index in [1.54, 1.807) is 6.33 Å². The molecule has 2 aromatic carbocycles. The van der Waals surface area contributed by atoms with Gasteiger partial charge in [0.05, 0.1) is 5.39 Å². The predicted octanol–water partition coefficient (Wildman–Crippen LogP) is 6.63. The van der Waals surface area contributed by atoms with Crippen LogP contribution in [0, 0.1) is 0 Å². The number of halogens is 1. The summed E-state index contributed by atoms with van der Waals surface area (Å²) in [4.78, 5) is 9.24. The molecule has 0 aliphatic heterocycles. The molecular weight excluding hydrogens is 374 g/mol. The second kappa shape index (κ2) is 7.75. The highest BCUT2D eigenvalue weighted by atomic mass is 35.5. The molecule has 0 saturated carbocycles. The van der Waals surface area contributed by atoms with Crippen LogP contribution < -0.4 is 0 Å². The summed E-state index contributed by atoms with van der Waals surface area (Å²) in [6.07, 6.45) is 4.90. The molecule has 4 rings (SSSR count). The molecular formula is C22H20ClN3S. The van der Waals surface area contributed by atoms with E-state index in [1.165, 1.54) is 0 Å². The van der Waals surface area contributed by atoms with Crippen molar-refractivity contribution in [2.24, 2.45) is 0 Å². The van der Waals surface area contributed by atoms with Crippen molar-refractivity contribution in [3.8, 4) is 16.8 Å². The van der Waals surface area contributed by atoms with Gasteiger partial charge in [-0.25, -0.2) is 9.97 Å². The van der Waals surface area contributed by atoms with Crippen LogP contribution in [-0.2, 0) is 0 Å². The van der Waals surface area contributed by atoms with Crippen molar-refractivity contribution < 1.29 is 0 Å². The van der Waals surface area contributed by atoms with Crippen LogP contribution in [0.1, 0.15) is 20.3 Å². The van der Waals surface area contributed by atoms with Crippen LogP contribution in [0.5, 0.6) is 0 Å². The van der Waals surface area contributed by atoms with Gasteiger partial charge in [0.15, 0.2) is 0 Å². The molecule has 0 fully saturated rings. The quantitative estimate of drug-likeness (QED) is 0.281. The fourth-order valence-corrected chi connectivity index (χ4v) is 4.13. The molecule has 0 amide bonds. The van der Waals surface area contributed by atoms with Crippen molar-refractivity contribution >= 4 is 34.4 Å². The van der Waals surface area contributed by atoms with Gasteiger partial charge in [0, 0.05) is 27.7 Å².